The number of aryl methyl sites for hydroxylation is 1. The molecule has 1 aromatic carbocycles. The van der Waals surface area contributed by atoms with Crippen LogP contribution in [0.3, 0.4) is 0 Å². The highest BCUT2D eigenvalue weighted by Gasteiger charge is 2.17. The second kappa shape index (κ2) is 7.56. The number of hydrogen-bond donors (Lipinski definition) is 1. The molecule has 1 aromatic rings. The molecule has 0 saturated carbocycles. The Balaban J connectivity index is 2.54. The second-order valence-corrected chi connectivity index (χ2v) is 7.62. The normalized spacial score (nSPS) is 11.9. The van der Waals surface area contributed by atoms with E-state index in [1.54, 1.807) is 12.1 Å². The number of rotatable bonds is 7. The van der Waals surface area contributed by atoms with E-state index < -0.39 is 10.0 Å². The van der Waals surface area contributed by atoms with Crippen LogP contribution in [0.5, 0.6) is 0 Å². The standard InChI is InChI=1S/C15H24N2O3S/c1-12(2)11-17(21(4,19)20)10-9-16-15(18)14-7-5-13(3)6-8-14/h5-8,12H,9-11H2,1-4H3,(H,16,18). The first-order valence-corrected chi connectivity index (χ1v) is 8.85. The molecule has 0 fully saturated rings. The van der Waals surface area contributed by atoms with Crippen LogP contribution >= 0.6 is 0 Å². The third-order valence-corrected chi connectivity index (χ3v) is 4.27. The van der Waals surface area contributed by atoms with Gasteiger partial charge in [-0.05, 0) is 25.0 Å². The molecule has 0 spiro atoms. The lowest BCUT2D eigenvalue weighted by Crippen LogP contribution is -2.39. The number of hydrogen-bond acceptors (Lipinski definition) is 3. The highest BCUT2D eigenvalue weighted by molar-refractivity contribution is 7.88. The van der Waals surface area contributed by atoms with Crippen LogP contribution in [0.25, 0.3) is 0 Å². The number of nitrogens with zero attached hydrogens (tertiary/aromatic N) is 1. The van der Waals surface area contributed by atoms with Crippen LogP contribution in [-0.4, -0.2) is 44.5 Å². The zero-order chi connectivity index (χ0) is 16.0. The topological polar surface area (TPSA) is 66.5 Å². The van der Waals surface area contributed by atoms with Gasteiger partial charge >= 0.3 is 0 Å². The van der Waals surface area contributed by atoms with Crippen molar-refractivity contribution >= 4 is 15.9 Å². The van der Waals surface area contributed by atoms with E-state index in [0.29, 0.717) is 18.7 Å². The molecule has 1 N–H and O–H groups in total. The first kappa shape index (κ1) is 17.7. The van der Waals surface area contributed by atoms with Crippen LogP contribution in [-0.2, 0) is 10.0 Å². The van der Waals surface area contributed by atoms with Crippen molar-refractivity contribution < 1.29 is 13.2 Å². The van der Waals surface area contributed by atoms with Gasteiger partial charge < -0.3 is 5.32 Å². The summed E-state index contributed by atoms with van der Waals surface area (Å²) < 4.78 is 24.7. The van der Waals surface area contributed by atoms with Crippen LogP contribution in [0.4, 0.5) is 0 Å². The Morgan fingerprint density at radius 2 is 1.81 bits per heavy atom. The van der Waals surface area contributed by atoms with E-state index >= 15 is 0 Å². The van der Waals surface area contributed by atoms with Gasteiger partial charge in [0, 0.05) is 25.2 Å². The van der Waals surface area contributed by atoms with Crippen LogP contribution < -0.4 is 5.32 Å². The van der Waals surface area contributed by atoms with Crippen molar-refractivity contribution in [2.45, 2.75) is 20.8 Å². The van der Waals surface area contributed by atoms with Gasteiger partial charge in [-0.1, -0.05) is 31.5 Å². The average Bonchev–Trinajstić information content (AvgIpc) is 2.36. The summed E-state index contributed by atoms with van der Waals surface area (Å²) in [4.78, 5) is 11.9. The fourth-order valence-electron chi connectivity index (χ4n) is 1.90. The van der Waals surface area contributed by atoms with Gasteiger partial charge in [-0.15, -0.1) is 0 Å². The SMILES string of the molecule is Cc1ccc(C(=O)NCCN(CC(C)C)S(C)(=O)=O)cc1. The number of sulfonamides is 1. The van der Waals surface area contributed by atoms with E-state index in [4.69, 9.17) is 0 Å². The molecule has 0 saturated heterocycles. The molecule has 0 radical (unpaired) electrons. The first-order valence-electron chi connectivity index (χ1n) is 7.00. The van der Waals surface area contributed by atoms with Crippen LogP contribution in [0.15, 0.2) is 24.3 Å². The lowest BCUT2D eigenvalue weighted by atomic mass is 10.1. The van der Waals surface area contributed by atoms with Gasteiger partial charge in [0.25, 0.3) is 5.91 Å². The number of amides is 1. The Labute approximate surface area is 127 Å². The monoisotopic (exact) mass is 312 g/mol. The minimum Gasteiger partial charge on any atom is -0.351 e. The molecule has 0 bridgehead atoms. The Bertz CT molecular complexity index is 565. The smallest absolute Gasteiger partial charge is 0.251 e. The van der Waals surface area contributed by atoms with Crippen LogP contribution in [0.1, 0.15) is 29.8 Å². The van der Waals surface area contributed by atoms with Gasteiger partial charge in [-0.3, -0.25) is 4.79 Å². The lowest BCUT2D eigenvalue weighted by molar-refractivity contribution is 0.0951. The fraction of sp³-hybridized carbons (Fsp3) is 0.533. The summed E-state index contributed by atoms with van der Waals surface area (Å²) in [6.07, 6.45) is 1.19. The highest BCUT2D eigenvalue weighted by atomic mass is 32.2. The summed E-state index contributed by atoms with van der Waals surface area (Å²) >= 11 is 0. The van der Waals surface area contributed by atoms with Gasteiger partial charge in [0.1, 0.15) is 0 Å². The third-order valence-electron chi connectivity index (χ3n) is 3.00. The second-order valence-electron chi connectivity index (χ2n) is 5.64. The Hall–Kier alpha value is -1.40. The molecule has 0 aromatic heterocycles. The minimum absolute atomic E-state index is 0.187. The average molecular weight is 312 g/mol. The van der Waals surface area contributed by atoms with Gasteiger partial charge in [-0.2, -0.15) is 0 Å². The molecule has 5 nitrogen and oxygen atoms in total. The van der Waals surface area contributed by atoms with Crippen molar-refractivity contribution in [3.8, 4) is 0 Å². The largest absolute Gasteiger partial charge is 0.351 e. The predicted molar refractivity (Wildman–Crippen MR) is 84.8 cm³/mol. The van der Waals surface area contributed by atoms with Gasteiger partial charge in [0.05, 0.1) is 6.26 Å². The molecule has 6 heteroatoms. The van der Waals surface area contributed by atoms with E-state index in [-0.39, 0.29) is 18.4 Å². The predicted octanol–water partition coefficient (Wildman–Crippen LogP) is 1.64. The summed E-state index contributed by atoms with van der Waals surface area (Å²) in [6, 6.07) is 7.26. The van der Waals surface area contributed by atoms with Crippen LogP contribution in [0.2, 0.25) is 0 Å². The molecule has 0 heterocycles. The highest BCUT2D eigenvalue weighted by Crippen LogP contribution is 2.04. The molecule has 0 aliphatic carbocycles. The van der Waals surface area contributed by atoms with E-state index in [0.717, 1.165) is 5.56 Å². The quantitative estimate of drug-likeness (QED) is 0.832. The van der Waals surface area contributed by atoms with E-state index in [9.17, 15) is 13.2 Å². The van der Waals surface area contributed by atoms with E-state index in [1.807, 2.05) is 32.9 Å². The molecule has 0 aliphatic rings. The maximum absolute atomic E-state index is 11.9. The van der Waals surface area contributed by atoms with Gasteiger partial charge in [0.2, 0.25) is 10.0 Å². The maximum Gasteiger partial charge on any atom is 0.251 e. The van der Waals surface area contributed by atoms with Gasteiger partial charge in [-0.25, -0.2) is 12.7 Å². The van der Waals surface area contributed by atoms with Crippen LogP contribution in [0, 0.1) is 12.8 Å². The van der Waals surface area contributed by atoms with Crippen molar-refractivity contribution in [2.24, 2.45) is 5.92 Å². The summed E-state index contributed by atoms with van der Waals surface area (Å²) in [5.41, 5.74) is 1.67. The van der Waals surface area contributed by atoms with Crippen molar-refractivity contribution in [1.29, 1.82) is 0 Å². The molecule has 118 valence electrons. The van der Waals surface area contributed by atoms with E-state index in [1.165, 1.54) is 10.6 Å². The zero-order valence-corrected chi connectivity index (χ0v) is 13.9. The number of carbonyl (C=O) groups is 1. The molecule has 0 atom stereocenters. The Morgan fingerprint density at radius 3 is 2.29 bits per heavy atom. The molecular formula is C15H24N2O3S. The molecule has 1 rings (SSSR count). The lowest BCUT2D eigenvalue weighted by Gasteiger charge is -2.22. The number of nitrogens with one attached hydrogen (secondary N) is 1. The van der Waals surface area contributed by atoms with E-state index in [2.05, 4.69) is 5.32 Å². The maximum atomic E-state index is 11.9. The van der Waals surface area contributed by atoms with Crippen molar-refractivity contribution in [1.82, 2.24) is 9.62 Å². The Kier molecular flexibility index (Phi) is 6.36. The first-order chi connectivity index (χ1) is 9.70. The third kappa shape index (κ3) is 6.27. The number of carbonyl (C=O) groups excluding carboxylic acids is 1. The van der Waals surface area contributed by atoms with Crippen molar-refractivity contribution in [2.75, 3.05) is 25.9 Å². The molecule has 1 amide bonds. The Morgan fingerprint density at radius 1 is 1.24 bits per heavy atom. The number of benzene rings is 1. The molecular weight excluding hydrogens is 288 g/mol. The molecule has 0 aliphatic heterocycles. The molecule has 0 unspecified atom stereocenters. The van der Waals surface area contributed by atoms with Gasteiger partial charge in [0.15, 0.2) is 0 Å². The summed E-state index contributed by atoms with van der Waals surface area (Å²) in [6.45, 7) is 6.92. The summed E-state index contributed by atoms with van der Waals surface area (Å²) in [5, 5.41) is 2.75. The minimum atomic E-state index is -3.25. The molecule has 21 heavy (non-hydrogen) atoms. The summed E-state index contributed by atoms with van der Waals surface area (Å²) in [5.74, 6) is 0.0560. The summed E-state index contributed by atoms with van der Waals surface area (Å²) in [7, 11) is -3.25. The fourth-order valence-corrected chi connectivity index (χ4v) is 2.89. The van der Waals surface area contributed by atoms with Crippen molar-refractivity contribution in [3.05, 3.63) is 35.4 Å². The van der Waals surface area contributed by atoms with Crippen molar-refractivity contribution in [3.63, 3.8) is 0 Å². The zero-order valence-electron chi connectivity index (χ0n) is 13.1.